The Labute approximate surface area is 220 Å². The van der Waals surface area contributed by atoms with Crippen molar-refractivity contribution in [3.8, 4) is 0 Å². The topological polar surface area (TPSA) is 62.2 Å². The van der Waals surface area contributed by atoms with Crippen molar-refractivity contribution in [2.45, 2.75) is 104 Å². The number of aryl methyl sites for hydroxylation is 1. The summed E-state index contributed by atoms with van der Waals surface area (Å²) in [5.41, 5.74) is 2.31. The van der Waals surface area contributed by atoms with E-state index in [0.29, 0.717) is 30.6 Å². The van der Waals surface area contributed by atoms with Crippen molar-refractivity contribution in [3.05, 3.63) is 46.9 Å². The first-order chi connectivity index (χ1) is 17.3. The Hall–Kier alpha value is -2.32. The number of anilines is 1. The number of imidazole rings is 1. The highest BCUT2D eigenvalue weighted by molar-refractivity contribution is 5.94. The van der Waals surface area contributed by atoms with Gasteiger partial charge in [-0.15, -0.1) is 0 Å². The minimum absolute atomic E-state index is 0.0502. The van der Waals surface area contributed by atoms with Crippen molar-refractivity contribution in [3.63, 3.8) is 0 Å². The summed E-state index contributed by atoms with van der Waals surface area (Å²) < 4.78 is 30.3. The lowest BCUT2D eigenvalue weighted by molar-refractivity contribution is -0.118. The molecule has 2 aromatic rings. The summed E-state index contributed by atoms with van der Waals surface area (Å²) in [6.45, 7) is 17.2. The van der Waals surface area contributed by atoms with E-state index in [1.165, 1.54) is 6.07 Å². The Balaban J connectivity index is 1.51. The second-order valence-corrected chi connectivity index (χ2v) is 12.8. The van der Waals surface area contributed by atoms with E-state index in [2.05, 4.69) is 66.6 Å². The molecule has 1 aromatic carbocycles. The summed E-state index contributed by atoms with van der Waals surface area (Å²) in [5, 5.41) is 6.61. The number of benzene rings is 1. The Kier molecular flexibility index (Phi) is 7.82. The summed E-state index contributed by atoms with van der Waals surface area (Å²) in [6, 6.07) is 2.02. The smallest absolute Gasteiger partial charge is 0.242 e. The van der Waals surface area contributed by atoms with E-state index >= 15 is 0 Å². The van der Waals surface area contributed by atoms with Gasteiger partial charge in [0.05, 0.1) is 29.6 Å². The summed E-state index contributed by atoms with van der Waals surface area (Å²) in [4.78, 5) is 20.7. The zero-order chi connectivity index (χ0) is 27.1. The van der Waals surface area contributed by atoms with Crippen LogP contribution >= 0.6 is 0 Å². The third-order valence-electron chi connectivity index (χ3n) is 7.71. The fourth-order valence-electron chi connectivity index (χ4n) is 6.02. The van der Waals surface area contributed by atoms with Crippen molar-refractivity contribution < 1.29 is 13.6 Å². The third-order valence-corrected chi connectivity index (χ3v) is 7.71. The van der Waals surface area contributed by atoms with Crippen LogP contribution in [0.1, 0.15) is 90.6 Å². The summed E-state index contributed by atoms with van der Waals surface area (Å²) in [5.74, 6) is -0.541. The van der Waals surface area contributed by atoms with Crippen molar-refractivity contribution in [1.82, 2.24) is 19.8 Å². The van der Waals surface area contributed by atoms with Gasteiger partial charge in [-0.25, -0.2) is 13.8 Å². The molecule has 0 radical (unpaired) electrons. The number of halogens is 2. The maximum Gasteiger partial charge on any atom is 0.242 e. The van der Waals surface area contributed by atoms with Crippen LogP contribution in [0.25, 0.3) is 0 Å². The Morgan fingerprint density at radius 2 is 2.00 bits per heavy atom. The lowest BCUT2D eigenvalue weighted by Gasteiger charge is -2.46. The average Bonchev–Trinajstić information content (AvgIpc) is 3.21. The van der Waals surface area contributed by atoms with E-state index < -0.39 is 17.7 Å². The first-order valence-electron chi connectivity index (χ1n) is 13.6. The monoisotopic (exact) mass is 515 g/mol. The molecule has 1 aromatic heterocycles. The van der Waals surface area contributed by atoms with E-state index in [4.69, 9.17) is 0 Å². The lowest BCUT2D eigenvalue weighted by atomic mass is 9.87. The quantitative estimate of drug-likeness (QED) is 0.506. The summed E-state index contributed by atoms with van der Waals surface area (Å²) >= 11 is 0. The Morgan fingerprint density at radius 1 is 1.27 bits per heavy atom. The Morgan fingerprint density at radius 3 is 2.68 bits per heavy atom. The average molecular weight is 516 g/mol. The third kappa shape index (κ3) is 6.06. The van der Waals surface area contributed by atoms with E-state index in [1.807, 2.05) is 13.3 Å². The molecule has 3 atom stereocenters. The molecule has 2 aliphatic rings. The predicted octanol–water partition coefficient (Wildman–Crippen LogP) is 5.57. The molecule has 0 saturated carbocycles. The van der Waals surface area contributed by atoms with Crippen LogP contribution in [0.3, 0.4) is 0 Å². The number of carbonyl (C=O) groups is 1. The normalized spacial score (nSPS) is 22.3. The lowest BCUT2D eigenvalue weighted by Crippen LogP contribution is -2.51. The van der Waals surface area contributed by atoms with Crippen LogP contribution in [0.15, 0.2) is 18.5 Å². The van der Waals surface area contributed by atoms with Gasteiger partial charge in [-0.3, -0.25) is 9.69 Å². The molecule has 37 heavy (non-hydrogen) atoms. The highest BCUT2D eigenvalue weighted by Gasteiger charge is 2.39. The molecule has 0 saturated heterocycles. The Bertz CT molecular complexity index is 1140. The van der Waals surface area contributed by atoms with E-state index in [-0.39, 0.29) is 28.9 Å². The number of rotatable bonds is 7. The standard InChI is InChI=1S/C29H43F2N5O/c1-8-9-24(33-21-11-10-19-12-20(30)13-23(31)22(19)14-21)27(37)34-26-25-18(2)35(15-28(3,4)5)16-29(6,7)36(25)17-32-26/h12-13,17-18,21,24,33H,8-11,14-16H2,1-7H3,(H,34,37)/t18?,21-,24-/m0/s1. The number of amides is 1. The summed E-state index contributed by atoms with van der Waals surface area (Å²) in [6.07, 6.45) is 5.11. The van der Waals surface area contributed by atoms with Gasteiger partial charge in [0.15, 0.2) is 5.82 Å². The number of aromatic nitrogens is 2. The molecule has 2 heterocycles. The van der Waals surface area contributed by atoms with Gasteiger partial charge in [-0.1, -0.05) is 34.1 Å². The van der Waals surface area contributed by atoms with Gasteiger partial charge < -0.3 is 15.2 Å². The molecule has 1 unspecified atom stereocenters. The van der Waals surface area contributed by atoms with Gasteiger partial charge in [0, 0.05) is 25.2 Å². The molecule has 8 heteroatoms. The first-order valence-corrected chi connectivity index (χ1v) is 13.6. The van der Waals surface area contributed by atoms with Crippen LogP contribution in [-0.4, -0.2) is 45.5 Å². The minimum atomic E-state index is -0.534. The first kappa shape index (κ1) is 27.7. The number of fused-ring (bicyclic) bond motifs is 2. The number of hydrogen-bond donors (Lipinski definition) is 2. The molecule has 4 rings (SSSR count). The fraction of sp³-hybridized carbons (Fsp3) is 0.655. The van der Waals surface area contributed by atoms with Gasteiger partial charge in [0.25, 0.3) is 0 Å². The van der Waals surface area contributed by atoms with Crippen LogP contribution < -0.4 is 10.6 Å². The van der Waals surface area contributed by atoms with E-state index in [1.54, 1.807) is 0 Å². The van der Waals surface area contributed by atoms with Crippen molar-refractivity contribution in [1.29, 1.82) is 0 Å². The molecule has 1 amide bonds. The minimum Gasteiger partial charge on any atom is -0.324 e. The highest BCUT2D eigenvalue weighted by atomic mass is 19.1. The number of hydrogen-bond acceptors (Lipinski definition) is 4. The van der Waals surface area contributed by atoms with Gasteiger partial charge in [-0.2, -0.15) is 0 Å². The van der Waals surface area contributed by atoms with E-state index in [0.717, 1.165) is 43.3 Å². The predicted molar refractivity (Wildman–Crippen MR) is 144 cm³/mol. The van der Waals surface area contributed by atoms with Gasteiger partial charge in [-0.05, 0) is 69.1 Å². The zero-order valence-corrected chi connectivity index (χ0v) is 23.4. The molecule has 204 valence electrons. The molecule has 0 fully saturated rings. The summed E-state index contributed by atoms with van der Waals surface area (Å²) in [7, 11) is 0. The molecule has 2 N–H and O–H groups in total. The molecule has 6 nitrogen and oxygen atoms in total. The highest BCUT2D eigenvalue weighted by Crippen LogP contribution is 2.39. The molecule has 1 aliphatic heterocycles. The molecular weight excluding hydrogens is 472 g/mol. The fourth-order valence-corrected chi connectivity index (χ4v) is 6.02. The number of nitrogens with one attached hydrogen (secondary N) is 2. The van der Waals surface area contributed by atoms with Crippen molar-refractivity contribution in [2.24, 2.45) is 5.41 Å². The second kappa shape index (κ2) is 10.4. The molecular formula is C29H43F2N5O. The van der Waals surface area contributed by atoms with Gasteiger partial charge >= 0.3 is 0 Å². The largest absolute Gasteiger partial charge is 0.324 e. The van der Waals surface area contributed by atoms with Crippen LogP contribution in [0.5, 0.6) is 0 Å². The second-order valence-electron chi connectivity index (χ2n) is 12.8. The van der Waals surface area contributed by atoms with Crippen LogP contribution in [-0.2, 0) is 23.2 Å². The molecule has 0 bridgehead atoms. The number of nitrogens with zero attached hydrogens (tertiary/aromatic N) is 3. The van der Waals surface area contributed by atoms with Crippen LogP contribution in [0.4, 0.5) is 14.6 Å². The molecule has 0 spiro atoms. The van der Waals surface area contributed by atoms with Gasteiger partial charge in [0.2, 0.25) is 5.91 Å². The van der Waals surface area contributed by atoms with Gasteiger partial charge in [0.1, 0.15) is 11.6 Å². The van der Waals surface area contributed by atoms with Crippen LogP contribution in [0.2, 0.25) is 0 Å². The number of carbonyl (C=O) groups excluding carboxylic acids is 1. The van der Waals surface area contributed by atoms with Crippen LogP contribution in [0, 0.1) is 17.0 Å². The SMILES string of the molecule is CCC[C@H](N[C@H]1CCc2cc(F)cc(F)c2C1)C(=O)Nc1ncn2c1C(C)N(CC(C)(C)C)CC2(C)C. The maximum atomic E-state index is 14.4. The van der Waals surface area contributed by atoms with Crippen molar-refractivity contribution >= 4 is 11.7 Å². The molecule has 1 aliphatic carbocycles. The van der Waals surface area contributed by atoms with Crippen molar-refractivity contribution in [2.75, 3.05) is 18.4 Å². The van der Waals surface area contributed by atoms with E-state index in [9.17, 15) is 13.6 Å². The zero-order valence-electron chi connectivity index (χ0n) is 23.4. The maximum absolute atomic E-state index is 14.4.